The van der Waals surface area contributed by atoms with Crippen LogP contribution in [-0.2, 0) is 9.53 Å². The highest BCUT2D eigenvalue weighted by atomic mass is 16.5. The average Bonchev–Trinajstić information content (AvgIpc) is 2.51. The Morgan fingerprint density at radius 2 is 1.86 bits per heavy atom. The molecule has 2 atom stereocenters. The molecule has 0 saturated carbocycles. The largest absolute Gasteiger partial charge is 0.366 e. The Balaban J connectivity index is 1.57. The molecule has 3 aliphatic heterocycles. The lowest BCUT2D eigenvalue weighted by Crippen LogP contribution is -2.62. The molecule has 0 bridgehead atoms. The molecule has 5 nitrogen and oxygen atoms in total. The zero-order valence-electron chi connectivity index (χ0n) is 13.6. The third kappa shape index (κ3) is 3.10. The lowest BCUT2D eigenvalue weighted by molar-refractivity contribution is -0.161. The van der Waals surface area contributed by atoms with Gasteiger partial charge in [0.15, 0.2) is 0 Å². The molecule has 0 radical (unpaired) electrons. The quantitative estimate of drug-likeness (QED) is 0.755. The monoisotopic (exact) mass is 295 g/mol. The van der Waals surface area contributed by atoms with E-state index in [0.29, 0.717) is 12.1 Å². The molecule has 0 aromatic carbocycles. The van der Waals surface area contributed by atoms with Gasteiger partial charge in [0.05, 0.1) is 12.1 Å². The van der Waals surface area contributed by atoms with Crippen molar-refractivity contribution in [3.8, 4) is 0 Å². The minimum Gasteiger partial charge on any atom is -0.366 e. The van der Waals surface area contributed by atoms with Crippen molar-refractivity contribution >= 4 is 5.91 Å². The van der Waals surface area contributed by atoms with Gasteiger partial charge < -0.3 is 14.5 Å². The first kappa shape index (κ1) is 15.3. The van der Waals surface area contributed by atoms with Gasteiger partial charge in [-0.15, -0.1) is 0 Å². The van der Waals surface area contributed by atoms with Gasteiger partial charge in [0.25, 0.3) is 0 Å². The van der Waals surface area contributed by atoms with E-state index in [-0.39, 0.29) is 24.7 Å². The van der Waals surface area contributed by atoms with Crippen molar-refractivity contribution in [2.24, 2.45) is 0 Å². The highest BCUT2D eigenvalue weighted by molar-refractivity contribution is 5.78. The van der Waals surface area contributed by atoms with Crippen LogP contribution in [0, 0.1) is 0 Å². The molecule has 0 aromatic heterocycles. The van der Waals surface area contributed by atoms with E-state index in [1.54, 1.807) is 0 Å². The SMILES string of the molecule is CC(C)N1CCC(N2CC[C@H]3OCC(=O)N(C)[C@H]3C2)CC1. The molecule has 3 heterocycles. The average molecular weight is 295 g/mol. The second kappa shape index (κ2) is 6.23. The number of ether oxygens (including phenoxy) is 1. The smallest absolute Gasteiger partial charge is 0.248 e. The van der Waals surface area contributed by atoms with Gasteiger partial charge in [-0.3, -0.25) is 9.69 Å². The summed E-state index contributed by atoms with van der Waals surface area (Å²) >= 11 is 0. The second-order valence-corrected chi connectivity index (χ2v) is 7.07. The standard InChI is InChI=1S/C16H29N3O2/c1-12(2)18-7-4-13(5-8-18)19-9-6-15-14(10-19)17(3)16(20)11-21-15/h12-15H,4-11H2,1-3H3/t14-,15+/m0/s1. The summed E-state index contributed by atoms with van der Waals surface area (Å²) < 4.78 is 5.72. The number of likely N-dealkylation sites (N-methyl/N-ethyl adjacent to an activating group) is 1. The number of morpholine rings is 1. The molecule has 3 rings (SSSR count). The van der Waals surface area contributed by atoms with Crippen LogP contribution in [-0.4, -0.2) is 84.7 Å². The van der Waals surface area contributed by atoms with Gasteiger partial charge in [0, 0.05) is 32.2 Å². The molecule has 1 amide bonds. The number of carbonyl (C=O) groups is 1. The van der Waals surface area contributed by atoms with Crippen LogP contribution in [0.3, 0.4) is 0 Å². The lowest BCUT2D eigenvalue weighted by atomic mass is 9.94. The summed E-state index contributed by atoms with van der Waals surface area (Å²) in [4.78, 5) is 18.9. The van der Waals surface area contributed by atoms with Crippen LogP contribution in [0.25, 0.3) is 0 Å². The van der Waals surface area contributed by atoms with Crippen molar-refractivity contribution in [2.45, 2.75) is 57.3 Å². The molecule has 3 aliphatic rings. The van der Waals surface area contributed by atoms with E-state index in [1.807, 2.05) is 11.9 Å². The number of likely N-dealkylation sites (tertiary alicyclic amines) is 2. The van der Waals surface area contributed by atoms with Crippen molar-refractivity contribution in [3.05, 3.63) is 0 Å². The first-order valence-electron chi connectivity index (χ1n) is 8.41. The first-order valence-corrected chi connectivity index (χ1v) is 8.41. The molecule has 0 aliphatic carbocycles. The molecule has 0 N–H and O–H groups in total. The highest BCUT2D eigenvalue weighted by Gasteiger charge is 2.40. The van der Waals surface area contributed by atoms with Gasteiger partial charge in [-0.1, -0.05) is 0 Å². The Morgan fingerprint density at radius 3 is 2.52 bits per heavy atom. The number of rotatable bonds is 2. The van der Waals surface area contributed by atoms with E-state index in [1.165, 1.54) is 25.9 Å². The van der Waals surface area contributed by atoms with Crippen molar-refractivity contribution in [3.63, 3.8) is 0 Å². The molecule has 3 saturated heterocycles. The maximum atomic E-state index is 11.8. The van der Waals surface area contributed by atoms with Crippen LogP contribution >= 0.6 is 0 Å². The zero-order chi connectivity index (χ0) is 15.0. The van der Waals surface area contributed by atoms with Crippen LogP contribution in [0.15, 0.2) is 0 Å². The van der Waals surface area contributed by atoms with Gasteiger partial charge in [-0.05, 0) is 46.2 Å². The molecule has 0 aromatic rings. The van der Waals surface area contributed by atoms with Crippen LogP contribution in [0.4, 0.5) is 0 Å². The Labute approximate surface area is 128 Å². The number of fused-ring (bicyclic) bond motifs is 1. The molecular weight excluding hydrogens is 266 g/mol. The van der Waals surface area contributed by atoms with Crippen LogP contribution in [0.2, 0.25) is 0 Å². The summed E-state index contributed by atoms with van der Waals surface area (Å²) in [5, 5.41) is 0. The summed E-state index contributed by atoms with van der Waals surface area (Å²) in [6.45, 7) is 9.35. The third-order valence-corrected chi connectivity index (χ3v) is 5.61. The number of carbonyl (C=O) groups excluding carboxylic acids is 1. The Morgan fingerprint density at radius 1 is 1.14 bits per heavy atom. The van der Waals surface area contributed by atoms with Crippen molar-refractivity contribution in [1.82, 2.24) is 14.7 Å². The summed E-state index contributed by atoms with van der Waals surface area (Å²) in [5.41, 5.74) is 0. The van der Waals surface area contributed by atoms with E-state index < -0.39 is 0 Å². The topological polar surface area (TPSA) is 36.0 Å². The van der Waals surface area contributed by atoms with Gasteiger partial charge in [-0.2, -0.15) is 0 Å². The maximum absolute atomic E-state index is 11.8. The summed E-state index contributed by atoms with van der Waals surface area (Å²) in [6.07, 6.45) is 3.83. The lowest BCUT2D eigenvalue weighted by Gasteiger charge is -2.49. The fourth-order valence-electron chi connectivity index (χ4n) is 4.06. The maximum Gasteiger partial charge on any atom is 0.248 e. The molecule has 21 heavy (non-hydrogen) atoms. The van der Waals surface area contributed by atoms with E-state index in [0.717, 1.165) is 19.5 Å². The van der Waals surface area contributed by atoms with Gasteiger partial charge in [0.2, 0.25) is 5.91 Å². The van der Waals surface area contributed by atoms with E-state index in [2.05, 4.69) is 23.6 Å². The third-order valence-electron chi connectivity index (χ3n) is 5.61. The Hall–Kier alpha value is -0.650. The van der Waals surface area contributed by atoms with Crippen LogP contribution < -0.4 is 0 Å². The van der Waals surface area contributed by atoms with E-state index in [9.17, 15) is 4.79 Å². The van der Waals surface area contributed by atoms with Crippen LogP contribution in [0.1, 0.15) is 33.1 Å². The van der Waals surface area contributed by atoms with Crippen molar-refractivity contribution in [2.75, 3.05) is 39.8 Å². The summed E-state index contributed by atoms with van der Waals surface area (Å²) in [6, 6.07) is 1.60. The highest BCUT2D eigenvalue weighted by Crippen LogP contribution is 2.27. The molecular formula is C16H29N3O2. The van der Waals surface area contributed by atoms with Gasteiger partial charge >= 0.3 is 0 Å². The summed E-state index contributed by atoms with van der Waals surface area (Å²) in [5.74, 6) is 0.132. The minimum absolute atomic E-state index is 0.132. The van der Waals surface area contributed by atoms with Crippen molar-refractivity contribution in [1.29, 1.82) is 0 Å². The fraction of sp³-hybridized carbons (Fsp3) is 0.938. The predicted octanol–water partition coefficient (Wildman–Crippen LogP) is 0.791. The number of amides is 1. The molecule has 120 valence electrons. The number of nitrogens with zero attached hydrogens (tertiary/aromatic N) is 3. The zero-order valence-corrected chi connectivity index (χ0v) is 13.6. The van der Waals surface area contributed by atoms with Gasteiger partial charge in [-0.25, -0.2) is 0 Å². The Bertz CT molecular complexity index is 380. The number of piperidine rings is 2. The number of hydrogen-bond acceptors (Lipinski definition) is 4. The fourth-order valence-corrected chi connectivity index (χ4v) is 4.06. The molecule has 0 unspecified atom stereocenters. The predicted molar refractivity (Wildman–Crippen MR) is 82.2 cm³/mol. The summed E-state index contributed by atoms with van der Waals surface area (Å²) in [7, 11) is 1.94. The van der Waals surface area contributed by atoms with E-state index >= 15 is 0 Å². The minimum atomic E-state index is 0.132. The van der Waals surface area contributed by atoms with Gasteiger partial charge in [0.1, 0.15) is 6.61 Å². The normalized spacial score (nSPS) is 33.5. The van der Waals surface area contributed by atoms with Crippen molar-refractivity contribution < 1.29 is 9.53 Å². The Kier molecular flexibility index (Phi) is 4.52. The molecule has 0 spiro atoms. The van der Waals surface area contributed by atoms with E-state index in [4.69, 9.17) is 4.74 Å². The first-order chi connectivity index (χ1) is 10.1. The number of hydrogen-bond donors (Lipinski definition) is 0. The molecule has 3 fully saturated rings. The second-order valence-electron chi connectivity index (χ2n) is 7.07. The molecule has 5 heteroatoms. The van der Waals surface area contributed by atoms with Crippen LogP contribution in [0.5, 0.6) is 0 Å².